The van der Waals surface area contributed by atoms with Gasteiger partial charge < -0.3 is 30.2 Å². The van der Waals surface area contributed by atoms with Crippen LogP contribution in [0.5, 0.6) is 17.2 Å². The third kappa shape index (κ3) is 4.26. The molecule has 0 saturated carbocycles. The maximum Gasteiger partial charge on any atom is 0.321 e. The average molecular weight is 421 g/mol. The number of methoxy groups -OCH3 is 3. The molecule has 1 aromatic carbocycles. The number of anilines is 1. The number of benzene rings is 1. The van der Waals surface area contributed by atoms with E-state index in [0.29, 0.717) is 48.9 Å². The van der Waals surface area contributed by atoms with Crippen LogP contribution in [0.2, 0.25) is 0 Å². The minimum absolute atomic E-state index is 0.235. The van der Waals surface area contributed by atoms with Crippen molar-refractivity contribution in [2.75, 3.05) is 52.8 Å². The minimum Gasteiger partial charge on any atom is -0.493 e. The topological polar surface area (TPSA) is 106 Å². The number of rotatable bonds is 6. The van der Waals surface area contributed by atoms with Gasteiger partial charge in [-0.3, -0.25) is 9.69 Å². The quantitative estimate of drug-likeness (QED) is 0.730. The zero-order chi connectivity index (χ0) is 21.7. The Kier molecular flexibility index (Phi) is 6.91. The van der Waals surface area contributed by atoms with Crippen molar-refractivity contribution >= 4 is 17.6 Å². The normalized spacial score (nSPS) is 19.1. The van der Waals surface area contributed by atoms with Crippen LogP contribution in [-0.2, 0) is 4.79 Å². The van der Waals surface area contributed by atoms with Crippen LogP contribution in [0.25, 0.3) is 0 Å². The molecule has 9 heteroatoms. The molecule has 0 aromatic heterocycles. The molecule has 0 atom stereocenters. The summed E-state index contributed by atoms with van der Waals surface area (Å²) in [5.41, 5.74) is 5.72. The summed E-state index contributed by atoms with van der Waals surface area (Å²) in [4.78, 5) is 29.2. The van der Waals surface area contributed by atoms with Crippen molar-refractivity contribution < 1.29 is 23.8 Å². The Balaban J connectivity index is 1.69. The summed E-state index contributed by atoms with van der Waals surface area (Å²) in [5.74, 6) is 1.10. The third-order valence-corrected chi connectivity index (χ3v) is 6.21. The van der Waals surface area contributed by atoms with Crippen molar-refractivity contribution in [3.8, 4) is 17.2 Å². The summed E-state index contributed by atoms with van der Waals surface area (Å²) in [6, 6.07) is 3.14. The van der Waals surface area contributed by atoms with Crippen molar-refractivity contribution in [3.05, 3.63) is 12.1 Å². The highest BCUT2D eigenvalue weighted by atomic mass is 16.5. The van der Waals surface area contributed by atoms with E-state index in [0.717, 1.165) is 25.9 Å². The highest BCUT2D eigenvalue weighted by Crippen LogP contribution is 2.40. The summed E-state index contributed by atoms with van der Waals surface area (Å²) in [6.07, 6.45) is 4.45. The Hall–Kier alpha value is -2.68. The van der Waals surface area contributed by atoms with E-state index in [1.807, 2.05) is 0 Å². The van der Waals surface area contributed by atoms with Gasteiger partial charge in [-0.05, 0) is 38.8 Å². The number of carbonyl (C=O) groups excluding carboxylic acids is 2. The van der Waals surface area contributed by atoms with Gasteiger partial charge in [0.25, 0.3) is 0 Å². The van der Waals surface area contributed by atoms with E-state index in [1.54, 1.807) is 17.0 Å². The lowest BCUT2D eigenvalue weighted by molar-refractivity contribution is -0.134. The molecule has 166 valence electrons. The van der Waals surface area contributed by atoms with Crippen molar-refractivity contribution in [1.29, 1.82) is 0 Å². The molecule has 3 rings (SSSR count). The molecule has 0 aliphatic carbocycles. The fourth-order valence-electron chi connectivity index (χ4n) is 4.48. The fourth-order valence-corrected chi connectivity index (χ4v) is 4.48. The smallest absolute Gasteiger partial charge is 0.321 e. The van der Waals surface area contributed by atoms with Gasteiger partial charge in [0, 0.05) is 25.2 Å². The van der Waals surface area contributed by atoms with Crippen LogP contribution in [0.3, 0.4) is 0 Å². The summed E-state index contributed by atoms with van der Waals surface area (Å²) < 4.78 is 16.0. The molecule has 2 aliphatic rings. The van der Waals surface area contributed by atoms with Gasteiger partial charge >= 0.3 is 6.03 Å². The van der Waals surface area contributed by atoms with Crippen molar-refractivity contribution in [3.63, 3.8) is 0 Å². The van der Waals surface area contributed by atoms with Crippen LogP contribution < -0.4 is 25.3 Å². The van der Waals surface area contributed by atoms with Crippen molar-refractivity contribution in [2.45, 2.75) is 37.6 Å². The summed E-state index contributed by atoms with van der Waals surface area (Å²) >= 11 is 0. The Morgan fingerprint density at radius 3 is 1.97 bits per heavy atom. The zero-order valence-corrected chi connectivity index (χ0v) is 18.0. The Morgan fingerprint density at radius 2 is 1.50 bits per heavy atom. The monoisotopic (exact) mass is 420 g/mol. The van der Waals surface area contributed by atoms with Gasteiger partial charge in [0.15, 0.2) is 11.5 Å². The van der Waals surface area contributed by atoms with Gasteiger partial charge in [0.2, 0.25) is 11.7 Å². The van der Waals surface area contributed by atoms with E-state index >= 15 is 0 Å². The number of hydrogen-bond acceptors (Lipinski definition) is 6. The molecule has 30 heavy (non-hydrogen) atoms. The lowest BCUT2D eigenvalue weighted by Crippen LogP contribution is -2.64. The fraction of sp³-hybridized carbons (Fsp3) is 0.619. The van der Waals surface area contributed by atoms with Gasteiger partial charge in [-0.15, -0.1) is 0 Å². The van der Waals surface area contributed by atoms with Gasteiger partial charge in [-0.1, -0.05) is 6.42 Å². The van der Waals surface area contributed by atoms with E-state index in [9.17, 15) is 9.59 Å². The molecular formula is C21H32N4O5. The average Bonchev–Trinajstić information content (AvgIpc) is 2.78. The molecule has 2 saturated heterocycles. The van der Waals surface area contributed by atoms with Crippen LogP contribution in [0.15, 0.2) is 12.1 Å². The number of nitrogens with two attached hydrogens (primary N) is 1. The van der Waals surface area contributed by atoms with E-state index < -0.39 is 5.54 Å². The lowest BCUT2D eigenvalue weighted by Gasteiger charge is -2.48. The van der Waals surface area contributed by atoms with Gasteiger partial charge in [0.1, 0.15) is 5.54 Å². The number of likely N-dealkylation sites (tertiary alicyclic amines) is 2. The van der Waals surface area contributed by atoms with Gasteiger partial charge in [-0.2, -0.15) is 0 Å². The first-order chi connectivity index (χ1) is 14.4. The number of urea groups is 1. The maximum atomic E-state index is 12.9. The highest BCUT2D eigenvalue weighted by Gasteiger charge is 2.45. The highest BCUT2D eigenvalue weighted by molar-refractivity contribution is 5.91. The number of hydrogen-bond donors (Lipinski definition) is 2. The summed E-state index contributed by atoms with van der Waals surface area (Å²) in [5, 5.41) is 2.89. The Labute approximate surface area is 177 Å². The first-order valence-corrected chi connectivity index (χ1v) is 10.4. The Morgan fingerprint density at radius 1 is 0.933 bits per heavy atom. The van der Waals surface area contributed by atoms with Gasteiger partial charge in [-0.25, -0.2) is 4.79 Å². The molecule has 3 N–H and O–H groups in total. The number of carbonyl (C=O) groups is 2. The van der Waals surface area contributed by atoms with E-state index in [4.69, 9.17) is 19.9 Å². The van der Waals surface area contributed by atoms with Gasteiger partial charge in [0.05, 0.1) is 27.0 Å². The number of nitrogens with one attached hydrogen (secondary N) is 1. The molecule has 0 bridgehead atoms. The molecular weight excluding hydrogens is 388 g/mol. The second-order valence-electron chi connectivity index (χ2n) is 7.77. The van der Waals surface area contributed by atoms with Crippen molar-refractivity contribution in [2.24, 2.45) is 5.73 Å². The molecule has 2 heterocycles. The molecule has 1 aromatic rings. The van der Waals surface area contributed by atoms with Crippen LogP contribution in [0.1, 0.15) is 32.1 Å². The molecule has 3 amide bonds. The third-order valence-electron chi connectivity index (χ3n) is 6.21. The summed E-state index contributed by atoms with van der Waals surface area (Å²) in [7, 11) is 4.58. The molecule has 0 unspecified atom stereocenters. The molecule has 9 nitrogen and oxygen atoms in total. The number of nitrogens with zero attached hydrogens (tertiary/aromatic N) is 2. The molecule has 2 aliphatic heterocycles. The number of ether oxygens (including phenoxy) is 3. The molecule has 0 spiro atoms. The van der Waals surface area contributed by atoms with Crippen LogP contribution in [0, 0.1) is 0 Å². The standard InChI is InChI=1S/C21H32N4O5/c1-28-16-13-15(14-17(29-2)18(16)30-3)23-20(27)24-11-7-21(8-12-24,19(22)26)25-9-5-4-6-10-25/h13-14H,4-12H2,1-3H3,(H2,22,26)(H,23,27). The number of primary amides is 1. The van der Waals surface area contributed by atoms with E-state index in [2.05, 4.69) is 10.2 Å². The van der Waals surface area contributed by atoms with Crippen LogP contribution >= 0.6 is 0 Å². The largest absolute Gasteiger partial charge is 0.493 e. The predicted molar refractivity (Wildman–Crippen MR) is 113 cm³/mol. The second-order valence-corrected chi connectivity index (χ2v) is 7.77. The maximum absolute atomic E-state index is 12.9. The van der Waals surface area contributed by atoms with E-state index in [1.165, 1.54) is 27.8 Å². The zero-order valence-electron chi connectivity index (χ0n) is 18.0. The van der Waals surface area contributed by atoms with Crippen molar-refractivity contribution in [1.82, 2.24) is 9.80 Å². The number of piperidine rings is 2. The van der Waals surface area contributed by atoms with Crippen LogP contribution in [-0.4, -0.2) is 74.8 Å². The minimum atomic E-state index is -0.649. The first-order valence-electron chi connectivity index (χ1n) is 10.4. The molecule has 2 fully saturated rings. The second kappa shape index (κ2) is 9.42. The summed E-state index contributed by atoms with van der Waals surface area (Å²) in [6.45, 7) is 2.71. The van der Waals surface area contributed by atoms with Crippen LogP contribution in [0.4, 0.5) is 10.5 Å². The first kappa shape index (κ1) is 22.0. The lowest BCUT2D eigenvalue weighted by atomic mass is 9.83. The van der Waals surface area contributed by atoms with E-state index in [-0.39, 0.29) is 11.9 Å². The SMILES string of the molecule is COc1cc(NC(=O)N2CCC(C(N)=O)(N3CCCCC3)CC2)cc(OC)c1OC. The molecule has 0 radical (unpaired) electrons. The number of amides is 3. The Bertz CT molecular complexity index is 746. The predicted octanol–water partition coefficient (Wildman–Crippen LogP) is 2.05.